The minimum absolute atomic E-state index is 0.00120. The number of aryl methyl sites for hydroxylation is 1. The number of ether oxygens (including phenoxy) is 1. The van der Waals surface area contributed by atoms with Crippen molar-refractivity contribution in [1.29, 1.82) is 0 Å². The third-order valence-electron chi connectivity index (χ3n) is 4.42. The van der Waals surface area contributed by atoms with E-state index < -0.39 is 0 Å². The fourth-order valence-electron chi connectivity index (χ4n) is 3.05. The molecule has 142 valence electrons. The second kappa shape index (κ2) is 8.24. The van der Waals surface area contributed by atoms with Crippen LogP contribution in [-0.2, 0) is 6.42 Å². The van der Waals surface area contributed by atoms with E-state index >= 15 is 0 Å². The predicted octanol–water partition coefficient (Wildman–Crippen LogP) is 3.86. The zero-order valence-electron chi connectivity index (χ0n) is 15.3. The molecule has 7 heteroatoms. The van der Waals surface area contributed by atoms with Gasteiger partial charge in [-0.1, -0.05) is 54.2 Å². The Morgan fingerprint density at radius 1 is 1.18 bits per heavy atom. The highest BCUT2D eigenvalue weighted by atomic mass is 32.2. The highest BCUT2D eigenvalue weighted by molar-refractivity contribution is 8.00. The SMILES string of the molecule is COc1ccccc1-n1c(SCC(=O)c2ccccc2)nc2c(c1=O)SCC2. The van der Waals surface area contributed by atoms with Crippen LogP contribution in [-0.4, -0.2) is 33.9 Å². The Morgan fingerprint density at radius 2 is 1.93 bits per heavy atom. The van der Waals surface area contributed by atoms with Gasteiger partial charge in [0.2, 0.25) is 0 Å². The molecule has 5 nitrogen and oxygen atoms in total. The number of benzene rings is 2. The van der Waals surface area contributed by atoms with Gasteiger partial charge in [0.05, 0.1) is 29.1 Å². The van der Waals surface area contributed by atoms with E-state index in [4.69, 9.17) is 9.72 Å². The molecule has 0 unspecified atom stereocenters. The van der Waals surface area contributed by atoms with E-state index in [0.717, 1.165) is 17.9 Å². The van der Waals surface area contributed by atoms with E-state index in [1.807, 2.05) is 42.5 Å². The number of carbonyl (C=O) groups excluding carboxylic acids is 1. The standard InChI is InChI=1S/C21H18N2O3S2/c1-26-18-10-6-5-9-16(18)23-20(25)19-15(11-12-27-19)22-21(23)28-13-17(24)14-7-3-2-4-8-14/h2-10H,11-13H2,1H3. The van der Waals surface area contributed by atoms with Crippen molar-refractivity contribution in [3.63, 3.8) is 0 Å². The number of aromatic nitrogens is 2. The molecule has 0 atom stereocenters. The number of hydrogen-bond acceptors (Lipinski definition) is 6. The van der Waals surface area contributed by atoms with Crippen LogP contribution in [0.25, 0.3) is 5.69 Å². The zero-order valence-corrected chi connectivity index (χ0v) is 16.9. The number of methoxy groups -OCH3 is 1. The lowest BCUT2D eigenvalue weighted by Crippen LogP contribution is -2.24. The Bertz CT molecular complexity index is 1080. The molecule has 0 N–H and O–H groups in total. The number of carbonyl (C=O) groups is 1. The number of rotatable bonds is 6. The van der Waals surface area contributed by atoms with Crippen LogP contribution in [0.4, 0.5) is 0 Å². The summed E-state index contributed by atoms with van der Waals surface area (Å²) in [5.74, 6) is 1.64. The van der Waals surface area contributed by atoms with Crippen molar-refractivity contribution in [2.75, 3.05) is 18.6 Å². The van der Waals surface area contributed by atoms with Crippen molar-refractivity contribution < 1.29 is 9.53 Å². The lowest BCUT2D eigenvalue weighted by Gasteiger charge is -2.16. The third-order valence-corrected chi connectivity index (χ3v) is 6.47. The Hall–Kier alpha value is -2.51. The van der Waals surface area contributed by atoms with Crippen LogP contribution in [0.2, 0.25) is 0 Å². The van der Waals surface area contributed by atoms with Gasteiger partial charge in [-0.15, -0.1) is 11.8 Å². The molecule has 2 heterocycles. The molecule has 2 aromatic carbocycles. The van der Waals surface area contributed by atoms with Crippen LogP contribution < -0.4 is 10.3 Å². The minimum Gasteiger partial charge on any atom is -0.495 e. The van der Waals surface area contributed by atoms with E-state index in [1.165, 1.54) is 23.5 Å². The molecule has 3 aromatic rings. The van der Waals surface area contributed by atoms with Crippen molar-refractivity contribution in [1.82, 2.24) is 9.55 Å². The predicted molar refractivity (Wildman–Crippen MR) is 112 cm³/mol. The van der Waals surface area contributed by atoms with Gasteiger partial charge >= 0.3 is 0 Å². The summed E-state index contributed by atoms with van der Waals surface area (Å²) < 4.78 is 7.02. The molecular weight excluding hydrogens is 392 g/mol. The molecule has 28 heavy (non-hydrogen) atoms. The maximum absolute atomic E-state index is 13.2. The molecule has 0 spiro atoms. The topological polar surface area (TPSA) is 61.2 Å². The second-order valence-electron chi connectivity index (χ2n) is 6.16. The van der Waals surface area contributed by atoms with Crippen LogP contribution in [0.15, 0.2) is 69.4 Å². The third kappa shape index (κ3) is 3.59. The quantitative estimate of drug-likeness (QED) is 0.349. The smallest absolute Gasteiger partial charge is 0.272 e. The van der Waals surface area contributed by atoms with Crippen LogP contribution in [0.5, 0.6) is 5.75 Å². The monoisotopic (exact) mass is 410 g/mol. The summed E-state index contributed by atoms with van der Waals surface area (Å²) in [7, 11) is 1.57. The molecule has 0 amide bonds. The maximum Gasteiger partial charge on any atom is 0.272 e. The highest BCUT2D eigenvalue weighted by Crippen LogP contribution is 2.32. The molecule has 0 saturated heterocycles. The summed E-state index contributed by atoms with van der Waals surface area (Å²) in [6, 6.07) is 16.5. The van der Waals surface area contributed by atoms with E-state index in [2.05, 4.69) is 0 Å². The van der Waals surface area contributed by atoms with Crippen molar-refractivity contribution in [3.8, 4) is 11.4 Å². The van der Waals surface area contributed by atoms with Gasteiger partial charge in [-0.3, -0.25) is 14.2 Å². The first-order valence-corrected chi connectivity index (χ1v) is 10.8. The fraction of sp³-hybridized carbons (Fsp3) is 0.190. The molecule has 0 bridgehead atoms. The molecule has 0 radical (unpaired) electrons. The summed E-state index contributed by atoms with van der Waals surface area (Å²) in [5.41, 5.74) is 1.99. The van der Waals surface area contributed by atoms with Gasteiger partial charge in [0, 0.05) is 17.7 Å². The van der Waals surface area contributed by atoms with Crippen molar-refractivity contribution in [2.24, 2.45) is 0 Å². The number of fused-ring (bicyclic) bond motifs is 1. The fourth-order valence-corrected chi connectivity index (χ4v) is 4.99. The number of hydrogen-bond donors (Lipinski definition) is 0. The van der Waals surface area contributed by atoms with E-state index in [1.54, 1.807) is 23.8 Å². The van der Waals surface area contributed by atoms with Crippen molar-refractivity contribution >= 4 is 29.3 Å². The van der Waals surface area contributed by atoms with E-state index in [9.17, 15) is 9.59 Å². The largest absolute Gasteiger partial charge is 0.495 e. The number of Topliss-reactive ketones (excluding diaryl/α,β-unsaturated/α-hetero) is 1. The van der Waals surface area contributed by atoms with Crippen molar-refractivity contribution in [3.05, 3.63) is 76.2 Å². The summed E-state index contributed by atoms with van der Waals surface area (Å²) in [6.07, 6.45) is 0.766. The minimum atomic E-state index is -0.105. The first-order chi connectivity index (χ1) is 13.7. The number of para-hydroxylation sites is 2. The Balaban J connectivity index is 1.75. The van der Waals surface area contributed by atoms with E-state index in [0.29, 0.717) is 27.1 Å². The van der Waals surface area contributed by atoms with Gasteiger partial charge in [0.15, 0.2) is 10.9 Å². The van der Waals surface area contributed by atoms with E-state index in [-0.39, 0.29) is 17.1 Å². The van der Waals surface area contributed by atoms with Crippen molar-refractivity contribution in [2.45, 2.75) is 16.5 Å². The van der Waals surface area contributed by atoms with Gasteiger partial charge < -0.3 is 4.74 Å². The molecule has 1 aliphatic rings. The summed E-state index contributed by atoms with van der Waals surface area (Å²) in [5, 5.41) is 0.514. The summed E-state index contributed by atoms with van der Waals surface area (Å²) in [4.78, 5) is 31.2. The van der Waals surface area contributed by atoms with Gasteiger partial charge in [0.1, 0.15) is 5.75 Å². The van der Waals surface area contributed by atoms with Gasteiger partial charge in [-0.2, -0.15) is 0 Å². The molecule has 4 rings (SSSR count). The molecule has 1 aromatic heterocycles. The Morgan fingerprint density at radius 3 is 2.71 bits per heavy atom. The molecule has 0 saturated carbocycles. The summed E-state index contributed by atoms with van der Waals surface area (Å²) in [6.45, 7) is 0. The molecule has 0 fully saturated rings. The van der Waals surface area contributed by atoms with Gasteiger partial charge in [-0.25, -0.2) is 4.98 Å². The van der Waals surface area contributed by atoms with Gasteiger partial charge in [-0.05, 0) is 12.1 Å². The average molecular weight is 411 g/mol. The van der Waals surface area contributed by atoms with Crippen LogP contribution in [0.1, 0.15) is 16.1 Å². The number of nitrogens with zero attached hydrogens (tertiary/aromatic N) is 2. The molecule has 0 aliphatic carbocycles. The lowest BCUT2D eigenvalue weighted by molar-refractivity contribution is 0.102. The van der Waals surface area contributed by atoms with Crippen LogP contribution >= 0.6 is 23.5 Å². The normalized spacial score (nSPS) is 12.6. The molecule has 1 aliphatic heterocycles. The highest BCUT2D eigenvalue weighted by Gasteiger charge is 2.24. The summed E-state index contributed by atoms with van der Waals surface area (Å²) >= 11 is 2.82. The average Bonchev–Trinajstić information content (AvgIpc) is 3.22. The van der Waals surface area contributed by atoms with Gasteiger partial charge in [0.25, 0.3) is 5.56 Å². The Kier molecular flexibility index (Phi) is 5.54. The number of thioether (sulfide) groups is 2. The second-order valence-corrected chi connectivity index (χ2v) is 8.21. The Labute approximate surface area is 171 Å². The first kappa shape index (κ1) is 18.8. The number of ketones is 1. The van der Waals surface area contributed by atoms with Crippen LogP contribution in [0.3, 0.4) is 0 Å². The zero-order chi connectivity index (χ0) is 19.5. The first-order valence-electron chi connectivity index (χ1n) is 8.82. The lowest BCUT2D eigenvalue weighted by atomic mass is 10.2. The maximum atomic E-state index is 13.2. The van der Waals surface area contributed by atoms with Crippen LogP contribution in [0, 0.1) is 0 Å². The molecular formula is C21H18N2O3S2.